The molecule has 4 heterocycles. The highest BCUT2D eigenvalue weighted by Gasteiger charge is 2.45. The number of carbonyl (C=O) groups is 1. The fourth-order valence-corrected chi connectivity index (χ4v) is 4.96. The van der Waals surface area contributed by atoms with Gasteiger partial charge in [0, 0.05) is 37.4 Å². The van der Waals surface area contributed by atoms with E-state index in [-0.39, 0.29) is 29.6 Å². The third-order valence-electron chi connectivity index (χ3n) is 6.48. The van der Waals surface area contributed by atoms with Crippen molar-refractivity contribution in [1.82, 2.24) is 24.9 Å². The quantitative estimate of drug-likeness (QED) is 0.545. The van der Waals surface area contributed by atoms with E-state index >= 15 is 0 Å². The molecule has 0 saturated carbocycles. The average molecular weight is 488 g/mol. The lowest BCUT2D eigenvalue weighted by Crippen LogP contribution is -2.56. The molecule has 5 rings (SSSR count). The number of halogens is 3. The van der Waals surface area contributed by atoms with Gasteiger partial charge in [0.05, 0.1) is 32.2 Å². The second kappa shape index (κ2) is 8.75. The minimum Gasteiger partial charge on any atom is -0.497 e. The zero-order chi connectivity index (χ0) is 24.7. The predicted octanol–water partition coefficient (Wildman–Crippen LogP) is 3.19. The molecule has 2 bridgehead atoms. The minimum absolute atomic E-state index is 0.160. The Labute approximate surface area is 199 Å². The number of carbonyl (C=O) groups excluding carboxylic acids is 1. The first kappa shape index (κ1) is 22.9. The first-order chi connectivity index (χ1) is 16.8. The van der Waals surface area contributed by atoms with Crippen molar-refractivity contribution in [3.63, 3.8) is 0 Å². The molecule has 12 heteroatoms. The predicted molar refractivity (Wildman–Crippen MR) is 119 cm³/mol. The van der Waals surface area contributed by atoms with Gasteiger partial charge in [0.25, 0.3) is 5.91 Å². The van der Waals surface area contributed by atoms with E-state index in [1.807, 2.05) is 4.90 Å². The highest BCUT2D eigenvalue weighted by atomic mass is 19.4. The van der Waals surface area contributed by atoms with Crippen LogP contribution >= 0.6 is 0 Å². The van der Waals surface area contributed by atoms with E-state index in [9.17, 15) is 18.0 Å². The molecule has 0 aliphatic carbocycles. The highest BCUT2D eigenvalue weighted by Crippen LogP contribution is 2.44. The van der Waals surface area contributed by atoms with Crippen molar-refractivity contribution < 1.29 is 27.4 Å². The molecule has 184 valence electrons. The van der Waals surface area contributed by atoms with Crippen molar-refractivity contribution in [2.24, 2.45) is 0 Å². The Kier molecular flexibility index (Phi) is 5.73. The number of methoxy groups -OCH3 is 2. The van der Waals surface area contributed by atoms with Crippen molar-refractivity contribution in [2.75, 3.05) is 32.2 Å². The molecule has 9 nitrogen and oxygen atoms in total. The number of piperazine rings is 1. The summed E-state index contributed by atoms with van der Waals surface area (Å²) in [6.07, 6.45) is 1.07. The van der Waals surface area contributed by atoms with Gasteiger partial charge in [-0.25, -0.2) is 4.98 Å². The van der Waals surface area contributed by atoms with Crippen molar-refractivity contribution in [3.8, 4) is 17.2 Å². The van der Waals surface area contributed by atoms with Gasteiger partial charge in [0.15, 0.2) is 11.6 Å². The number of hydrogen-bond acceptors (Lipinski definition) is 7. The summed E-state index contributed by atoms with van der Waals surface area (Å²) < 4.78 is 51.1. The number of hydrogen-bond donors (Lipinski definition) is 0. The molecule has 35 heavy (non-hydrogen) atoms. The van der Waals surface area contributed by atoms with Crippen LogP contribution in [0.2, 0.25) is 0 Å². The summed E-state index contributed by atoms with van der Waals surface area (Å²) >= 11 is 0. The number of amides is 1. The monoisotopic (exact) mass is 488 g/mol. The van der Waals surface area contributed by atoms with Gasteiger partial charge >= 0.3 is 6.18 Å². The lowest BCUT2D eigenvalue weighted by Gasteiger charge is -2.42. The first-order valence-corrected chi connectivity index (χ1v) is 11.0. The minimum atomic E-state index is -4.56. The number of benzene rings is 1. The van der Waals surface area contributed by atoms with Crippen LogP contribution < -0.4 is 14.4 Å². The van der Waals surface area contributed by atoms with Crippen molar-refractivity contribution in [2.45, 2.75) is 31.1 Å². The second-order valence-electron chi connectivity index (χ2n) is 8.42. The van der Waals surface area contributed by atoms with E-state index in [1.165, 1.54) is 31.4 Å². The lowest BCUT2D eigenvalue weighted by atomic mass is 10.1. The lowest BCUT2D eigenvalue weighted by molar-refractivity contribution is -0.138. The van der Waals surface area contributed by atoms with Gasteiger partial charge in [0.2, 0.25) is 0 Å². The van der Waals surface area contributed by atoms with Crippen LogP contribution in [0.15, 0.2) is 42.9 Å². The van der Waals surface area contributed by atoms with Crippen LogP contribution in [0.3, 0.4) is 0 Å². The molecule has 2 fully saturated rings. The topological polar surface area (TPSA) is 85.6 Å². The number of aromatic nitrogens is 4. The van der Waals surface area contributed by atoms with Crippen LogP contribution in [-0.2, 0) is 6.18 Å². The second-order valence-corrected chi connectivity index (χ2v) is 8.42. The number of pyridine rings is 1. The van der Waals surface area contributed by atoms with Crippen LogP contribution in [0.25, 0.3) is 5.69 Å². The van der Waals surface area contributed by atoms with Crippen molar-refractivity contribution in [3.05, 3.63) is 54.0 Å². The maximum atomic E-state index is 13.6. The van der Waals surface area contributed by atoms with E-state index in [4.69, 9.17) is 9.47 Å². The summed E-state index contributed by atoms with van der Waals surface area (Å²) in [6, 6.07) is 5.60. The van der Waals surface area contributed by atoms with Gasteiger partial charge in [-0.15, -0.1) is 0 Å². The maximum absolute atomic E-state index is 13.6. The molecule has 2 atom stereocenters. The SMILES string of the molecule is COc1ccc(C(=O)N2CC3CCC(C2)N3c2nccc(C(F)(F)F)c2OC)c(-n2nccn2)c1. The summed E-state index contributed by atoms with van der Waals surface area (Å²) in [5, 5.41) is 8.30. The normalized spacial score (nSPS) is 19.7. The average Bonchev–Trinajstić information content (AvgIpc) is 3.48. The number of fused-ring (bicyclic) bond motifs is 2. The zero-order valence-corrected chi connectivity index (χ0v) is 19.1. The summed E-state index contributed by atoms with van der Waals surface area (Å²) in [5.74, 6) is 0.216. The summed E-state index contributed by atoms with van der Waals surface area (Å²) in [6.45, 7) is 0.683. The molecular formula is C23H23F3N6O3. The fraction of sp³-hybridized carbons (Fsp3) is 0.391. The van der Waals surface area contributed by atoms with Crippen LogP contribution in [0.1, 0.15) is 28.8 Å². The summed E-state index contributed by atoms with van der Waals surface area (Å²) in [4.78, 5) is 22.8. The standard InChI is InChI=1S/C23H23F3N6O3/c1-34-16-5-6-17(19(11-16)32-28-9-10-29-32)22(33)30-12-14-3-4-15(13-30)31(14)21-20(35-2)18(7-8-27-21)23(24,25)26/h5-11,14-15H,3-4,12-13H2,1-2H3. The van der Waals surface area contributed by atoms with E-state index in [0.717, 1.165) is 25.1 Å². The Hall–Kier alpha value is -3.83. The first-order valence-electron chi connectivity index (χ1n) is 11.0. The molecule has 2 aromatic heterocycles. The van der Waals surface area contributed by atoms with Crippen LogP contribution in [0.4, 0.5) is 19.0 Å². The molecule has 1 aromatic carbocycles. The van der Waals surface area contributed by atoms with E-state index in [1.54, 1.807) is 23.1 Å². The molecule has 0 spiro atoms. The number of nitrogens with zero attached hydrogens (tertiary/aromatic N) is 6. The largest absolute Gasteiger partial charge is 0.497 e. The number of rotatable bonds is 5. The van der Waals surface area contributed by atoms with Crippen LogP contribution in [0, 0.1) is 0 Å². The molecule has 2 saturated heterocycles. The fourth-order valence-electron chi connectivity index (χ4n) is 4.96. The third kappa shape index (κ3) is 4.02. The van der Waals surface area contributed by atoms with E-state index in [2.05, 4.69) is 15.2 Å². The summed E-state index contributed by atoms with van der Waals surface area (Å²) in [5.41, 5.74) is 0.0254. The molecule has 1 amide bonds. The number of likely N-dealkylation sites (tertiary alicyclic amines) is 1. The van der Waals surface area contributed by atoms with Gasteiger partial charge in [-0.3, -0.25) is 4.79 Å². The smallest absolute Gasteiger partial charge is 0.420 e. The molecule has 0 N–H and O–H groups in total. The molecule has 2 aliphatic rings. The van der Waals surface area contributed by atoms with Crippen molar-refractivity contribution in [1.29, 1.82) is 0 Å². The van der Waals surface area contributed by atoms with Crippen molar-refractivity contribution >= 4 is 11.7 Å². The van der Waals surface area contributed by atoms with Gasteiger partial charge < -0.3 is 19.3 Å². The molecule has 0 radical (unpaired) electrons. The van der Waals surface area contributed by atoms with Gasteiger partial charge in [0.1, 0.15) is 17.0 Å². The Morgan fingerprint density at radius 2 is 1.69 bits per heavy atom. The van der Waals surface area contributed by atoms with Gasteiger partial charge in [-0.05, 0) is 31.0 Å². The molecule has 2 aliphatic heterocycles. The number of alkyl halides is 3. The number of anilines is 1. The molecule has 2 unspecified atom stereocenters. The Bertz CT molecular complexity index is 1220. The molecule has 3 aromatic rings. The summed E-state index contributed by atoms with van der Waals surface area (Å²) in [7, 11) is 2.75. The van der Waals surface area contributed by atoms with E-state index in [0.29, 0.717) is 30.1 Å². The Morgan fingerprint density at radius 1 is 1.00 bits per heavy atom. The van der Waals surface area contributed by atoms with Crippen LogP contribution in [0.5, 0.6) is 11.5 Å². The maximum Gasteiger partial charge on any atom is 0.420 e. The third-order valence-corrected chi connectivity index (χ3v) is 6.48. The number of ether oxygens (including phenoxy) is 2. The highest BCUT2D eigenvalue weighted by molar-refractivity contribution is 5.98. The van der Waals surface area contributed by atoms with Crippen LogP contribution in [-0.4, -0.2) is 70.2 Å². The Balaban J connectivity index is 1.45. The molecular weight excluding hydrogens is 465 g/mol. The van der Waals surface area contributed by atoms with E-state index < -0.39 is 11.7 Å². The van der Waals surface area contributed by atoms with Gasteiger partial charge in [-0.1, -0.05) is 0 Å². The zero-order valence-electron chi connectivity index (χ0n) is 19.1. The Morgan fingerprint density at radius 3 is 2.29 bits per heavy atom. The van der Waals surface area contributed by atoms with Gasteiger partial charge in [-0.2, -0.15) is 28.2 Å².